The van der Waals surface area contributed by atoms with Crippen LogP contribution in [0.2, 0.25) is 0 Å². The van der Waals surface area contributed by atoms with Gasteiger partial charge >= 0.3 is 12.0 Å². The Bertz CT molecular complexity index is 1130. The van der Waals surface area contributed by atoms with Gasteiger partial charge in [0, 0.05) is 25.0 Å². The minimum atomic E-state index is -1.23. The van der Waals surface area contributed by atoms with Crippen LogP contribution in [0, 0.1) is 17.6 Å². The molecule has 1 aliphatic rings. The number of nitrogens with one attached hydrogen (secondary N) is 3. The van der Waals surface area contributed by atoms with Crippen molar-refractivity contribution >= 4 is 29.5 Å². The molecule has 0 saturated carbocycles. The number of benzene rings is 1. The second-order valence-electron chi connectivity index (χ2n) is 8.41. The van der Waals surface area contributed by atoms with E-state index in [0.29, 0.717) is 6.07 Å². The molecule has 1 fully saturated rings. The minimum absolute atomic E-state index is 0.0119. The third kappa shape index (κ3) is 6.09. The average Bonchev–Trinajstić information content (AvgIpc) is 3.26. The molecule has 4 amide bonds. The molecule has 192 valence electrons. The molecule has 2 heterocycles. The number of esters is 1. The number of carbonyl (C=O) groups is 4. The molecule has 1 aliphatic heterocycles. The fourth-order valence-corrected chi connectivity index (χ4v) is 3.83. The molecule has 0 aliphatic carbocycles. The van der Waals surface area contributed by atoms with Gasteiger partial charge in [0.15, 0.2) is 0 Å². The van der Waals surface area contributed by atoms with Gasteiger partial charge < -0.3 is 25.6 Å². The molecule has 3 atom stereocenters. The summed E-state index contributed by atoms with van der Waals surface area (Å²) in [6.45, 7) is 3.49. The highest BCUT2D eigenvalue weighted by atomic mass is 19.1. The number of methoxy groups -OCH3 is 1. The summed E-state index contributed by atoms with van der Waals surface area (Å²) in [6.07, 6.45) is 4.13. The minimum Gasteiger partial charge on any atom is -0.467 e. The summed E-state index contributed by atoms with van der Waals surface area (Å²) in [5.74, 6) is -4.10. The molecule has 3 rings (SSSR count). The van der Waals surface area contributed by atoms with Crippen LogP contribution < -0.4 is 16.0 Å². The van der Waals surface area contributed by atoms with Crippen LogP contribution in [0.1, 0.15) is 30.8 Å². The van der Waals surface area contributed by atoms with Gasteiger partial charge in [-0.25, -0.2) is 23.4 Å². The first-order chi connectivity index (χ1) is 17.1. The van der Waals surface area contributed by atoms with E-state index in [9.17, 15) is 28.0 Å². The number of hydrogen-bond donors (Lipinski definition) is 3. The van der Waals surface area contributed by atoms with Gasteiger partial charge in [0.05, 0.1) is 25.0 Å². The van der Waals surface area contributed by atoms with E-state index in [-0.39, 0.29) is 30.3 Å². The number of carbonyl (C=O) groups excluding carboxylic acids is 4. The van der Waals surface area contributed by atoms with E-state index in [1.54, 1.807) is 13.8 Å². The van der Waals surface area contributed by atoms with Crippen LogP contribution >= 0.6 is 0 Å². The molecule has 1 aromatic heterocycles. The van der Waals surface area contributed by atoms with E-state index >= 15 is 0 Å². The first-order valence-electron chi connectivity index (χ1n) is 11.1. The lowest BCUT2D eigenvalue weighted by Gasteiger charge is -2.29. The molecule has 3 N–H and O–H groups in total. The molecular weight excluding hydrogens is 478 g/mol. The maximum Gasteiger partial charge on any atom is 0.328 e. The molecule has 1 saturated heterocycles. The van der Waals surface area contributed by atoms with Crippen molar-refractivity contribution in [1.82, 2.24) is 25.5 Å². The van der Waals surface area contributed by atoms with Crippen molar-refractivity contribution in [2.45, 2.75) is 38.4 Å². The van der Waals surface area contributed by atoms with Crippen LogP contribution in [-0.2, 0) is 14.3 Å². The van der Waals surface area contributed by atoms with Crippen molar-refractivity contribution in [1.29, 1.82) is 0 Å². The summed E-state index contributed by atoms with van der Waals surface area (Å²) >= 11 is 0. The maximum absolute atomic E-state index is 14.0. The second kappa shape index (κ2) is 11.5. The lowest BCUT2D eigenvalue weighted by atomic mass is 10.0. The third-order valence-corrected chi connectivity index (χ3v) is 5.63. The number of rotatable bonds is 7. The van der Waals surface area contributed by atoms with Crippen molar-refractivity contribution in [2.75, 3.05) is 19.0 Å². The zero-order valence-electron chi connectivity index (χ0n) is 19.8. The van der Waals surface area contributed by atoms with Crippen LogP contribution in [0.15, 0.2) is 36.8 Å². The number of urea groups is 1. The van der Waals surface area contributed by atoms with E-state index in [2.05, 4.69) is 25.9 Å². The molecule has 36 heavy (non-hydrogen) atoms. The van der Waals surface area contributed by atoms with Gasteiger partial charge in [-0.15, -0.1) is 0 Å². The molecule has 1 aromatic carbocycles. The summed E-state index contributed by atoms with van der Waals surface area (Å²) in [6, 6.07) is -1.36. The molecular formula is C23H26F2N6O5. The Balaban J connectivity index is 1.83. The second-order valence-corrected chi connectivity index (χ2v) is 8.41. The summed E-state index contributed by atoms with van der Waals surface area (Å²) in [5.41, 5.74) is -0.284. The van der Waals surface area contributed by atoms with E-state index < -0.39 is 53.6 Å². The van der Waals surface area contributed by atoms with Gasteiger partial charge in [0.25, 0.3) is 5.91 Å². The van der Waals surface area contributed by atoms with Gasteiger partial charge in [-0.3, -0.25) is 14.6 Å². The summed E-state index contributed by atoms with van der Waals surface area (Å²) in [4.78, 5) is 60.3. The van der Waals surface area contributed by atoms with E-state index in [0.717, 1.165) is 12.1 Å². The van der Waals surface area contributed by atoms with Gasteiger partial charge in [-0.05, 0) is 24.5 Å². The third-order valence-electron chi connectivity index (χ3n) is 5.63. The maximum atomic E-state index is 14.0. The summed E-state index contributed by atoms with van der Waals surface area (Å²) in [7, 11) is 1.19. The van der Waals surface area contributed by atoms with Gasteiger partial charge in [0.1, 0.15) is 29.4 Å². The van der Waals surface area contributed by atoms with Crippen LogP contribution in [0.3, 0.4) is 0 Å². The van der Waals surface area contributed by atoms with E-state index in [1.165, 1.54) is 30.6 Å². The highest BCUT2D eigenvalue weighted by Crippen LogP contribution is 2.22. The number of anilines is 1. The lowest BCUT2D eigenvalue weighted by molar-refractivity contribution is -0.146. The Kier molecular flexibility index (Phi) is 8.46. The quantitative estimate of drug-likeness (QED) is 0.485. The Labute approximate surface area is 205 Å². The Hall–Kier alpha value is -4.16. The SMILES string of the molecule is COC(=O)[C@H](NC(=O)[C@H]1[C@@H](NC(=O)Nc2ccc(F)cc2F)CCN1C(=O)c1cnccn1)C(C)C. The monoisotopic (exact) mass is 504 g/mol. The standard InChI is InChI=1S/C23H26F2N6O5/c1-12(2)18(22(34)36-3)30-20(32)19-16(6-9-31(19)21(33)17-11-26-7-8-27-17)29-23(35)28-15-5-4-13(24)10-14(15)25/h4-5,7-8,10-12,16,18-19H,6,9H2,1-3H3,(H,30,32)(H2,28,29,35)/t16-,18+,19+/m0/s1. The molecule has 0 unspecified atom stereocenters. The van der Waals surface area contributed by atoms with Crippen LogP contribution in [0.25, 0.3) is 0 Å². The van der Waals surface area contributed by atoms with Gasteiger partial charge in [0.2, 0.25) is 5.91 Å². The predicted octanol–water partition coefficient (Wildman–Crippen LogP) is 1.47. The topological polar surface area (TPSA) is 143 Å². The van der Waals surface area contributed by atoms with Gasteiger partial charge in [-0.2, -0.15) is 0 Å². The number of hydrogen-bond acceptors (Lipinski definition) is 7. The molecule has 2 aromatic rings. The lowest BCUT2D eigenvalue weighted by Crippen LogP contribution is -2.58. The van der Waals surface area contributed by atoms with Crippen molar-refractivity contribution in [2.24, 2.45) is 5.92 Å². The van der Waals surface area contributed by atoms with Crippen LogP contribution in [0.5, 0.6) is 0 Å². The normalized spacial score (nSPS) is 17.9. The fraction of sp³-hybridized carbons (Fsp3) is 0.391. The number of nitrogens with zero attached hydrogens (tertiary/aromatic N) is 3. The number of halogens is 2. The Morgan fingerprint density at radius 3 is 2.53 bits per heavy atom. The zero-order valence-corrected chi connectivity index (χ0v) is 19.8. The Morgan fingerprint density at radius 1 is 1.17 bits per heavy atom. The largest absolute Gasteiger partial charge is 0.467 e. The van der Waals surface area contributed by atoms with Crippen LogP contribution in [-0.4, -0.2) is 70.5 Å². The summed E-state index contributed by atoms with van der Waals surface area (Å²) in [5, 5.41) is 7.42. The molecule has 0 spiro atoms. The molecule has 0 bridgehead atoms. The highest BCUT2D eigenvalue weighted by molar-refractivity contribution is 5.98. The van der Waals surface area contributed by atoms with Crippen molar-refractivity contribution < 1.29 is 32.7 Å². The smallest absolute Gasteiger partial charge is 0.328 e. The van der Waals surface area contributed by atoms with E-state index in [4.69, 9.17) is 4.74 Å². The van der Waals surface area contributed by atoms with E-state index in [1.807, 2.05) is 0 Å². The number of likely N-dealkylation sites (tertiary alicyclic amines) is 1. The number of amides is 4. The zero-order chi connectivity index (χ0) is 26.4. The van der Waals surface area contributed by atoms with Crippen molar-refractivity contribution in [3.8, 4) is 0 Å². The predicted molar refractivity (Wildman–Crippen MR) is 123 cm³/mol. The first-order valence-corrected chi connectivity index (χ1v) is 11.1. The first kappa shape index (κ1) is 26.4. The molecule has 0 radical (unpaired) electrons. The van der Waals surface area contributed by atoms with Crippen molar-refractivity contribution in [3.63, 3.8) is 0 Å². The highest BCUT2D eigenvalue weighted by Gasteiger charge is 2.44. The summed E-state index contributed by atoms with van der Waals surface area (Å²) < 4.78 is 31.9. The molecule has 11 nitrogen and oxygen atoms in total. The molecule has 13 heteroatoms. The fourth-order valence-electron chi connectivity index (χ4n) is 3.83. The number of aromatic nitrogens is 2. The Morgan fingerprint density at radius 2 is 1.92 bits per heavy atom. The van der Waals surface area contributed by atoms with Crippen molar-refractivity contribution in [3.05, 3.63) is 54.1 Å². The van der Waals surface area contributed by atoms with Gasteiger partial charge in [-0.1, -0.05) is 13.8 Å². The number of ether oxygens (including phenoxy) is 1. The average molecular weight is 504 g/mol. The van der Waals surface area contributed by atoms with Crippen LogP contribution in [0.4, 0.5) is 19.3 Å².